The normalized spacial score (nSPS) is 10.2. The van der Waals surface area contributed by atoms with Gasteiger partial charge in [-0.3, -0.25) is 0 Å². The summed E-state index contributed by atoms with van der Waals surface area (Å²) < 4.78 is 53.1. The third-order valence-corrected chi connectivity index (χ3v) is 1.80. The molecule has 0 saturated carbocycles. The lowest BCUT2D eigenvalue weighted by Crippen LogP contribution is -2.04. The number of nitrogens with zero attached hydrogens (tertiary/aromatic N) is 1. The number of ether oxygens (including phenoxy) is 1. The van der Waals surface area contributed by atoms with E-state index in [0.717, 1.165) is 0 Å². The summed E-state index contributed by atoms with van der Waals surface area (Å²) in [7, 11) is 0. The first-order valence-electron chi connectivity index (χ1n) is 3.49. The van der Waals surface area contributed by atoms with Gasteiger partial charge in [-0.15, -0.1) is 0 Å². The van der Waals surface area contributed by atoms with Crippen molar-refractivity contribution < 1.29 is 22.3 Å². The Balaban J connectivity index is 3.30. The molecule has 1 aromatic rings. The molecule has 15 heavy (non-hydrogen) atoms. The van der Waals surface area contributed by atoms with Crippen molar-refractivity contribution >= 4 is 11.6 Å². The van der Waals surface area contributed by atoms with E-state index in [-0.39, 0.29) is 0 Å². The summed E-state index contributed by atoms with van der Waals surface area (Å²) in [6.07, 6.45) is 0. The highest BCUT2D eigenvalue weighted by molar-refractivity contribution is 6.32. The van der Waals surface area contributed by atoms with Crippen molar-refractivity contribution in [1.29, 1.82) is 5.26 Å². The fourth-order valence-electron chi connectivity index (χ4n) is 0.844. The zero-order valence-electron chi connectivity index (χ0n) is 6.90. The zero-order chi connectivity index (χ0) is 11.6. The predicted octanol–water partition coefficient (Wildman–Crippen LogP) is 3.09. The maximum atomic E-state index is 12.9. The van der Waals surface area contributed by atoms with Gasteiger partial charge in [-0.1, -0.05) is 11.6 Å². The largest absolute Gasteiger partial charge is 0.433 e. The Kier molecular flexibility index (Phi) is 3.37. The maximum absolute atomic E-state index is 12.9. The van der Waals surface area contributed by atoms with E-state index in [1.54, 1.807) is 0 Å². The van der Waals surface area contributed by atoms with Crippen molar-refractivity contribution in [3.8, 4) is 11.8 Å². The van der Waals surface area contributed by atoms with Crippen molar-refractivity contribution in [3.63, 3.8) is 0 Å². The predicted molar refractivity (Wildman–Crippen MR) is 42.7 cm³/mol. The van der Waals surface area contributed by atoms with Gasteiger partial charge in [0.2, 0.25) is 0 Å². The van der Waals surface area contributed by atoms with Crippen LogP contribution in [0, 0.1) is 23.0 Å². The molecule has 0 radical (unpaired) electrons. The molecular formula is C8H2ClF4NO. The van der Waals surface area contributed by atoms with Crippen LogP contribution in [0.3, 0.4) is 0 Å². The Morgan fingerprint density at radius 3 is 2.40 bits per heavy atom. The van der Waals surface area contributed by atoms with E-state index in [1.807, 2.05) is 0 Å². The van der Waals surface area contributed by atoms with Gasteiger partial charge < -0.3 is 4.74 Å². The van der Waals surface area contributed by atoms with E-state index in [4.69, 9.17) is 16.9 Å². The van der Waals surface area contributed by atoms with Crippen LogP contribution in [0.1, 0.15) is 5.56 Å². The topological polar surface area (TPSA) is 33.0 Å². The third kappa shape index (κ3) is 2.30. The summed E-state index contributed by atoms with van der Waals surface area (Å²) in [6.45, 7) is -3.24. The van der Waals surface area contributed by atoms with Gasteiger partial charge in [0.1, 0.15) is 16.8 Å². The zero-order valence-corrected chi connectivity index (χ0v) is 7.66. The Morgan fingerprint density at radius 2 is 1.93 bits per heavy atom. The molecule has 80 valence electrons. The Hall–Kier alpha value is -1.48. The number of rotatable bonds is 2. The highest BCUT2D eigenvalue weighted by Gasteiger charge is 2.20. The van der Waals surface area contributed by atoms with Crippen LogP contribution in [0.5, 0.6) is 5.75 Å². The monoisotopic (exact) mass is 239 g/mol. The molecule has 0 aliphatic carbocycles. The van der Waals surface area contributed by atoms with Gasteiger partial charge in [0.15, 0.2) is 11.6 Å². The van der Waals surface area contributed by atoms with Crippen molar-refractivity contribution in [3.05, 3.63) is 28.3 Å². The fourth-order valence-corrected chi connectivity index (χ4v) is 1.03. The highest BCUT2D eigenvalue weighted by atomic mass is 35.5. The molecule has 0 fully saturated rings. The van der Waals surface area contributed by atoms with Crippen LogP contribution in [-0.4, -0.2) is 6.61 Å². The van der Waals surface area contributed by atoms with Crippen LogP contribution >= 0.6 is 11.6 Å². The minimum absolute atomic E-state index is 0.604. The Morgan fingerprint density at radius 1 is 1.33 bits per heavy atom. The Labute approximate surface area is 86.6 Å². The average Bonchev–Trinajstić information content (AvgIpc) is 2.18. The second kappa shape index (κ2) is 4.36. The number of benzene rings is 1. The molecule has 0 saturated heterocycles. The van der Waals surface area contributed by atoms with Gasteiger partial charge in [-0.2, -0.15) is 14.0 Å². The van der Waals surface area contributed by atoms with Crippen molar-refractivity contribution in [2.75, 3.05) is 0 Å². The van der Waals surface area contributed by atoms with Crippen LogP contribution in [0.2, 0.25) is 5.02 Å². The van der Waals surface area contributed by atoms with E-state index in [1.165, 1.54) is 6.07 Å². The molecule has 1 aromatic carbocycles. The lowest BCUT2D eigenvalue weighted by atomic mass is 10.2. The van der Waals surface area contributed by atoms with E-state index in [2.05, 4.69) is 4.74 Å². The lowest BCUT2D eigenvalue weighted by Gasteiger charge is -2.08. The summed E-state index contributed by atoms with van der Waals surface area (Å²) in [4.78, 5) is 0. The van der Waals surface area contributed by atoms with Gasteiger partial charge in [-0.05, 0) is 0 Å². The average molecular weight is 240 g/mol. The highest BCUT2D eigenvalue weighted by Crippen LogP contribution is 2.32. The maximum Gasteiger partial charge on any atom is 0.387 e. The number of hydrogen-bond acceptors (Lipinski definition) is 2. The summed E-state index contributed by atoms with van der Waals surface area (Å²) in [5.41, 5.74) is -0.757. The second-order valence-corrected chi connectivity index (χ2v) is 2.73. The summed E-state index contributed by atoms with van der Waals surface area (Å²) in [5, 5.41) is 7.43. The Bertz CT molecular complexity index is 430. The first-order valence-corrected chi connectivity index (χ1v) is 3.87. The molecule has 0 amide bonds. The summed E-state index contributed by atoms with van der Waals surface area (Å²) >= 11 is 5.19. The molecule has 0 bridgehead atoms. The van der Waals surface area contributed by atoms with Gasteiger partial charge in [-0.25, -0.2) is 8.78 Å². The van der Waals surface area contributed by atoms with E-state index >= 15 is 0 Å². The van der Waals surface area contributed by atoms with E-state index < -0.39 is 34.6 Å². The molecule has 7 heteroatoms. The molecule has 1 rings (SSSR count). The summed E-state index contributed by atoms with van der Waals surface area (Å²) in [6, 6.07) is 1.88. The molecule has 0 aliphatic heterocycles. The van der Waals surface area contributed by atoms with Crippen LogP contribution in [0.4, 0.5) is 17.6 Å². The van der Waals surface area contributed by atoms with E-state index in [9.17, 15) is 17.6 Å². The minimum Gasteiger partial charge on any atom is -0.433 e. The van der Waals surface area contributed by atoms with Crippen molar-refractivity contribution in [1.82, 2.24) is 0 Å². The molecule has 0 spiro atoms. The smallest absolute Gasteiger partial charge is 0.387 e. The standard InChI is InChI=1S/C8H2ClF4NO/c9-5-4(15-8(12)13)1-3(2-14)6(10)7(5)11/h1,8H. The number of alkyl halides is 2. The molecule has 0 atom stereocenters. The first kappa shape index (κ1) is 11.6. The molecule has 0 N–H and O–H groups in total. The van der Waals surface area contributed by atoms with Gasteiger partial charge >= 0.3 is 6.61 Å². The van der Waals surface area contributed by atoms with Crippen molar-refractivity contribution in [2.24, 2.45) is 0 Å². The van der Waals surface area contributed by atoms with E-state index in [0.29, 0.717) is 6.07 Å². The molecular weight excluding hydrogens is 238 g/mol. The molecule has 2 nitrogen and oxygen atoms in total. The number of nitriles is 1. The fraction of sp³-hybridized carbons (Fsp3) is 0.125. The number of halogens is 5. The van der Waals surface area contributed by atoms with Crippen LogP contribution in [-0.2, 0) is 0 Å². The second-order valence-electron chi connectivity index (χ2n) is 2.35. The number of hydrogen-bond donors (Lipinski definition) is 0. The van der Waals surface area contributed by atoms with Crippen LogP contribution < -0.4 is 4.74 Å². The quantitative estimate of drug-likeness (QED) is 0.587. The third-order valence-electron chi connectivity index (χ3n) is 1.45. The van der Waals surface area contributed by atoms with Gasteiger partial charge in [0.25, 0.3) is 0 Å². The minimum atomic E-state index is -3.24. The summed E-state index contributed by atoms with van der Waals surface area (Å²) in [5.74, 6) is -3.86. The van der Waals surface area contributed by atoms with Crippen molar-refractivity contribution in [2.45, 2.75) is 6.61 Å². The lowest BCUT2D eigenvalue weighted by molar-refractivity contribution is -0.0500. The molecule has 0 aromatic heterocycles. The van der Waals surface area contributed by atoms with Gasteiger partial charge in [0, 0.05) is 6.07 Å². The SMILES string of the molecule is N#Cc1cc(OC(F)F)c(Cl)c(F)c1F. The molecule has 0 aliphatic rings. The molecule has 0 heterocycles. The first-order chi connectivity index (χ1) is 6.97. The van der Waals surface area contributed by atoms with Crippen LogP contribution in [0.15, 0.2) is 6.07 Å². The van der Waals surface area contributed by atoms with Crippen LogP contribution in [0.25, 0.3) is 0 Å². The van der Waals surface area contributed by atoms with Gasteiger partial charge in [0.05, 0.1) is 5.56 Å². The molecule has 0 unspecified atom stereocenters.